The number of alkyl carbamates (subject to hydrolysis) is 1. The fourth-order valence-electron chi connectivity index (χ4n) is 2.56. The summed E-state index contributed by atoms with van der Waals surface area (Å²) in [6.07, 6.45) is 4.52. The van der Waals surface area contributed by atoms with Crippen molar-refractivity contribution in [2.45, 2.75) is 77.4 Å². The summed E-state index contributed by atoms with van der Waals surface area (Å²) in [7, 11) is 0. The fraction of sp³-hybridized carbons (Fsp3) is 0.600. The first-order valence-corrected chi connectivity index (χ1v) is 8.91. The summed E-state index contributed by atoms with van der Waals surface area (Å²) in [5.74, 6) is -1.04. The monoisotopic (exact) mass is 349 g/mol. The highest BCUT2D eigenvalue weighted by molar-refractivity contribution is 5.83. The summed E-state index contributed by atoms with van der Waals surface area (Å²) in [5, 5.41) is 12.0. The minimum absolute atomic E-state index is 0.382. The number of benzene rings is 1. The molecule has 0 bridgehead atoms. The zero-order valence-electron chi connectivity index (χ0n) is 15.8. The van der Waals surface area contributed by atoms with E-state index in [2.05, 4.69) is 17.4 Å². The maximum absolute atomic E-state index is 11.9. The van der Waals surface area contributed by atoms with Gasteiger partial charge in [-0.15, -0.1) is 0 Å². The van der Waals surface area contributed by atoms with E-state index in [0.717, 1.165) is 32.1 Å². The van der Waals surface area contributed by atoms with Gasteiger partial charge in [-0.05, 0) is 52.5 Å². The van der Waals surface area contributed by atoms with Gasteiger partial charge in [0.05, 0.1) is 0 Å². The number of carbonyl (C=O) groups is 2. The lowest BCUT2D eigenvalue weighted by atomic mass is 9.94. The Morgan fingerprint density at radius 1 is 1.00 bits per heavy atom. The quantitative estimate of drug-likeness (QED) is 0.641. The molecular formula is C20H31NO4. The van der Waals surface area contributed by atoms with Crippen LogP contribution < -0.4 is 5.32 Å². The molecule has 25 heavy (non-hydrogen) atoms. The molecule has 0 aliphatic rings. The predicted molar refractivity (Wildman–Crippen MR) is 98.6 cm³/mol. The Kier molecular flexibility index (Phi) is 7.94. The molecule has 0 saturated carbocycles. The van der Waals surface area contributed by atoms with Gasteiger partial charge in [-0.3, -0.25) is 0 Å². The molecule has 5 heteroatoms. The normalized spacial score (nSPS) is 13.8. The predicted octanol–water partition coefficient (Wildman–Crippen LogP) is 4.55. The van der Waals surface area contributed by atoms with Crippen LogP contribution in [0, 0.1) is 0 Å². The van der Waals surface area contributed by atoms with E-state index in [1.54, 1.807) is 20.8 Å². The molecule has 1 unspecified atom stereocenters. The largest absolute Gasteiger partial charge is 0.480 e. The molecule has 0 heterocycles. The van der Waals surface area contributed by atoms with Crippen molar-refractivity contribution in [3.63, 3.8) is 0 Å². The zero-order valence-corrected chi connectivity index (χ0v) is 15.8. The van der Waals surface area contributed by atoms with Crippen molar-refractivity contribution in [3.8, 4) is 0 Å². The number of aliphatic carboxylic acids is 1. The van der Waals surface area contributed by atoms with Gasteiger partial charge in [0.1, 0.15) is 11.1 Å². The first-order valence-electron chi connectivity index (χ1n) is 8.91. The lowest BCUT2D eigenvalue weighted by molar-refractivity contribution is -0.144. The van der Waals surface area contributed by atoms with Crippen molar-refractivity contribution in [2.75, 3.05) is 0 Å². The third kappa shape index (κ3) is 8.57. The van der Waals surface area contributed by atoms with Gasteiger partial charge in [-0.25, -0.2) is 9.59 Å². The van der Waals surface area contributed by atoms with Gasteiger partial charge in [0.15, 0.2) is 0 Å². The summed E-state index contributed by atoms with van der Waals surface area (Å²) in [6, 6.07) is 10.3. The van der Waals surface area contributed by atoms with Crippen LogP contribution in [-0.4, -0.2) is 28.3 Å². The zero-order chi connectivity index (χ0) is 18.9. The molecule has 1 amide bonds. The Bertz CT molecular complexity index is 551. The standard InChI is InChI=1S/C20H31NO4/c1-19(2,3)25-18(24)21-20(4,17(22)23)15-11-6-5-8-12-16-13-9-7-10-14-16/h7,9-10,13-14H,5-6,8,11-12,15H2,1-4H3,(H,21,24)(H,22,23). The highest BCUT2D eigenvalue weighted by Crippen LogP contribution is 2.18. The first kappa shape index (κ1) is 21.0. The first-order chi connectivity index (χ1) is 11.6. The van der Waals surface area contributed by atoms with Crippen LogP contribution in [0.25, 0.3) is 0 Å². The van der Waals surface area contributed by atoms with Crippen LogP contribution in [0.4, 0.5) is 4.79 Å². The van der Waals surface area contributed by atoms with Crippen molar-refractivity contribution >= 4 is 12.1 Å². The SMILES string of the molecule is CC(C)(C)OC(=O)NC(C)(CCCCCCc1ccccc1)C(=O)O. The average Bonchev–Trinajstić information content (AvgIpc) is 2.49. The van der Waals surface area contributed by atoms with Gasteiger partial charge in [-0.2, -0.15) is 0 Å². The Balaban J connectivity index is 2.34. The summed E-state index contributed by atoms with van der Waals surface area (Å²) in [4.78, 5) is 23.4. The Hall–Kier alpha value is -2.04. The number of carboxylic acids is 1. The number of ether oxygens (including phenoxy) is 1. The molecule has 1 atom stereocenters. The second kappa shape index (κ2) is 9.44. The van der Waals surface area contributed by atoms with Gasteiger partial charge in [0, 0.05) is 0 Å². The third-order valence-electron chi connectivity index (χ3n) is 3.98. The summed E-state index contributed by atoms with van der Waals surface area (Å²) < 4.78 is 5.16. The number of hydrogen-bond donors (Lipinski definition) is 2. The van der Waals surface area contributed by atoms with Gasteiger partial charge in [0.2, 0.25) is 0 Å². The van der Waals surface area contributed by atoms with Crippen LogP contribution in [0.15, 0.2) is 30.3 Å². The van der Waals surface area contributed by atoms with Crippen LogP contribution in [0.3, 0.4) is 0 Å². The van der Waals surface area contributed by atoms with E-state index in [0.29, 0.717) is 6.42 Å². The molecule has 0 spiro atoms. The number of nitrogens with one attached hydrogen (secondary N) is 1. The summed E-state index contributed by atoms with van der Waals surface area (Å²) >= 11 is 0. The second-order valence-corrected chi connectivity index (χ2v) is 7.66. The molecule has 0 aliphatic heterocycles. The highest BCUT2D eigenvalue weighted by atomic mass is 16.6. The van der Waals surface area contributed by atoms with Crippen LogP contribution in [0.2, 0.25) is 0 Å². The highest BCUT2D eigenvalue weighted by Gasteiger charge is 2.35. The number of rotatable bonds is 9. The van der Waals surface area contributed by atoms with Crippen LogP contribution >= 0.6 is 0 Å². The Morgan fingerprint density at radius 2 is 1.60 bits per heavy atom. The molecule has 0 fully saturated rings. The number of carbonyl (C=O) groups excluding carboxylic acids is 1. The minimum Gasteiger partial charge on any atom is -0.480 e. The second-order valence-electron chi connectivity index (χ2n) is 7.66. The lowest BCUT2D eigenvalue weighted by Gasteiger charge is -2.28. The minimum atomic E-state index is -1.30. The number of amides is 1. The van der Waals surface area contributed by atoms with E-state index >= 15 is 0 Å². The van der Waals surface area contributed by atoms with Crippen LogP contribution in [0.5, 0.6) is 0 Å². The molecule has 0 saturated heterocycles. The van der Waals surface area contributed by atoms with Gasteiger partial charge in [-0.1, -0.05) is 49.6 Å². The maximum atomic E-state index is 11.9. The number of hydrogen-bond acceptors (Lipinski definition) is 3. The average molecular weight is 349 g/mol. The van der Waals surface area contributed by atoms with E-state index in [9.17, 15) is 14.7 Å². The van der Waals surface area contributed by atoms with Crippen molar-refractivity contribution in [1.82, 2.24) is 5.32 Å². The number of carboxylic acid groups (broad SMARTS) is 1. The molecule has 1 rings (SSSR count). The van der Waals surface area contributed by atoms with Crippen LogP contribution in [-0.2, 0) is 16.0 Å². The smallest absolute Gasteiger partial charge is 0.408 e. The number of unbranched alkanes of at least 4 members (excludes halogenated alkanes) is 3. The molecule has 140 valence electrons. The van der Waals surface area contributed by atoms with E-state index in [4.69, 9.17) is 4.74 Å². The third-order valence-corrected chi connectivity index (χ3v) is 3.98. The fourth-order valence-corrected chi connectivity index (χ4v) is 2.56. The van der Waals surface area contributed by atoms with Crippen molar-refractivity contribution in [2.24, 2.45) is 0 Å². The van der Waals surface area contributed by atoms with Crippen molar-refractivity contribution in [3.05, 3.63) is 35.9 Å². The van der Waals surface area contributed by atoms with Gasteiger partial charge >= 0.3 is 12.1 Å². The topological polar surface area (TPSA) is 75.6 Å². The molecule has 1 aromatic rings. The van der Waals surface area contributed by atoms with Gasteiger partial charge < -0.3 is 15.2 Å². The maximum Gasteiger partial charge on any atom is 0.408 e. The Morgan fingerprint density at radius 3 is 2.16 bits per heavy atom. The van der Waals surface area contributed by atoms with E-state index in [1.165, 1.54) is 12.5 Å². The number of aryl methyl sites for hydroxylation is 1. The Labute approximate surface area is 150 Å². The van der Waals surface area contributed by atoms with E-state index in [1.807, 2.05) is 18.2 Å². The van der Waals surface area contributed by atoms with Crippen molar-refractivity contribution < 1.29 is 19.4 Å². The molecule has 0 radical (unpaired) electrons. The summed E-state index contributed by atoms with van der Waals surface area (Å²) in [5.41, 5.74) is -0.632. The summed E-state index contributed by atoms with van der Waals surface area (Å²) in [6.45, 7) is 6.77. The molecular weight excluding hydrogens is 318 g/mol. The van der Waals surface area contributed by atoms with E-state index < -0.39 is 23.2 Å². The van der Waals surface area contributed by atoms with Crippen LogP contribution in [0.1, 0.15) is 65.4 Å². The van der Waals surface area contributed by atoms with E-state index in [-0.39, 0.29) is 0 Å². The molecule has 5 nitrogen and oxygen atoms in total. The van der Waals surface area contributed by atoms with Crippen molar-refractivity contribution in [1.29, 1.82) is 0 Å². The molecule has 1 aromatic carbocycles. The molecule has 2 N–H and O–H groups in total. The lowest BCUT2D eigenvalue weighted by Crippen LogP contribution is -2.53. The van der Waals surface area contributed by atoms with Gasteiger partial charge in [0.25, 0.3) is 0 Å². The molecule has 0 aromatic heterocycles. The molecule has 0 aliphatic carbocycles.